The number of aromatic nitrogens is 2. The normalized spacial score (nSPS) is 15.1. The van der Waals surface area contributed by atoms with Gasteiger partial charge in [-0.15, -0.1) is 0 Å². The molecule has 4 rings (SSSR count). The first-order chi connectivity index (χ1) is 15.2. The van der Waals surface area contributed by atoms with E-state index in [1.807, 2.05) is 54.6 Å². The molecule has 2 aromatic carbocycles. The number of methoxy groups -OCH3 is 1. The molecule has 1 aliphatic heterocycles. The van der Waals surface area contributed by atoms with E-state index < -0.39 is 0 Å². The lowest BCUT2D eigenvalue weighted by Crippen LogP contribution is -2.21. The lowest BCUT2D eigenvalue weighted by Gasteiger charge is -2.27. The van der Waals surface area contributed by atoms with E-state index in [0.717, 1.165) is 29.5 Å². The third-order valence-corrected chi connectivity index (χ3v) is 5.21. The van der Waals surface area contributed by atoms with Crippen molar-refractivity contribution < 1.29 is 14.2 Å². The van der Waals surface area contributed by atoms with Gasteiger partial charge in [0.15, 0.2) is 17.4 Å². The SMILES string of the molecule is CCCCOc1ccc(C2C(c3ccccc3)=C(N)Oc3nc(C#N)[nH]c32)cc1OC. The highest BCUT2D eigenvalue weighted by molar-refractivity contribution is 5.78. The molecule has 1 aliphatic rings. The Kier molecular flexibility index (Phi) is 5.80. The van der Waals surface area contributed by atoms with Gasteiger partial charge in [-0.3, -0.25) is 0 Å². The van der Waals surface area contributed by atoms with Gasteiger partial charge in [0.1, 0.15) is 6.07 Å². The fourth-order valence-electron chi connectivity index (χ4n) is 3.71. The Hall–Kier alpha value is -3.92. The third kappa shape index (κ3) is 3.92. The molecule has 31 heavy (non-hydrogen) atoms. The molecule has 0 saturated carbocycles. The molecule has 0 radical (unpaired) electrons. The first kappa shape index (κ1) is 20.4. The van der Waals surface area contributed by atoms with Gasteiger partial charge < -0.3 is 24.9 Å². The molecule has 1 atom stereocenters. The maximum atomic E-state index is 9.33. The van der Waals surface area contributed by atoms with Crippen LogP contribution in [0.2, 0.25) is 0 Å². The Morgan fingerprint density at radius 3 is 2.71 bits per heavy atom. The van der Waals surface area contributed by atoms with Gasteiger partial charge in [-0.25, -0.2) is 0 Å². The minimum absolute atomic E-state index is 0.170. The van der Waals surface area contributed by atoms with Crippen molar-refractivity contribution in [2.75, 3.05) is 13.7 Å². The lowest BCUT2D eigenvalue weighted by molar-refractivity contribution is 0.288. The number of imidazole rings is 1. The molecule has 0 aliphatic carbocycles. The minimum atomic E-state index is -0.320. The molecule has 3 N–H and O–H groups in total. The number of hydrogen-bond acceptors (Lipinski definition) is 6. The lowest BCUT2D eigenvalue weighted by atomic mass is 9.83. The van der Waals surface area contributed by atoms with Crippen LogP contribution >= 0.6 is 0 Å². The van der Waals surface area contributed by atoms with Crippen molar-refractivity contribution in [3.05, 3.63) is 77.1 Å². The Bertz CT molecular complexity index is 1150. The fraction of sp³-hybridized carbons (Fsp3) is 0.250. The smallest absolute Gasteiger partial charge is 0.244 e. The van der Waals surface area contributed by atoms with Gasteiger partial charge in [0.05, 0.1) is 25.3 Å². The predicted molar refractivity (Wildman–Crippen MR) is 117 cm³/mol. The van der Waals surface area contributed by atoms with E-state index >= 15 is 0 Å². The van der Waals surface area contributed by atoms with Gasteiger partial charge in [-0.1, -0.05) is 49.7 Å². The van der Waals surface area contributed by atoms with E-state index in [0.29, 0.717) is 29.7 Å². The highest BCUT2D eigenvalue weighted by Gasteiger charge is 2.34. The number of unbranched alkanes of at least 4 members (excludes halogenated alkanes) is 1. The van der Waals surface area contributed by atoms with E-state index in [2.05, 4.69) is 16.9 Å². The predicted octanol–water partition coefficient (Wildman–Crippen LogP) is 4.32. The number of hydrogen-bond donors (Lipinski definition) is 2. The van der Waals surface area contributed by atoms with Crippen molar-refractivity contribution >= 4 is 5.57 Å². The second kappa shape index (κ2) is 8.84. The van der Waals surface area contributed by atoms with Crippen LogP contribution in [0.3, 0.4) is 0 Å². The summed E-state index contributed by atoms with van der Waals surface area (Å²) in [5, 5.41) is 9.33. The Labute approximate surface area is 181 Å². The number of nitrogens with one attached hydrogen (secondary N) is 1. The molecule has 3 aromatic rings. The van der Waals surface area contributed by atoms with Gasteiger partial charge in [-0.05, 0) is 29.7 Å². The first-order valence-electron chi connectivity index (χ1n) is 10.2. The molecule has 0 bridgehead atoms. The monoisotopic (exact) mass is 416 g/mol. The van der Waals surface area contributed by atoms with E-state index in [1.165, 1.54) is 0 Å². The highest BCUT2D eigenvalue weighted by atomic mass is 16.5. The average Bonchev–Trinajstić information content (AvgIpc) is 3.21. The van der Waals surface area contributed by atoms with Crippen molar-refractivity contribution in [3.63, 3.8) is 0 Å². The molecule has 0 amide bonds. The van der Waals surface area contributed by atoms with Gasteiger partial charge in [0.25, 0.3) is 0 Å². The number of benzene rings is 2. The number of allylic oxidation sites excluding steroid dienone is 1. The van der Waals surface area contributed by atoms with Crippen molar-refractivity contribution in [2.45, 2.75) is 25.7 Å². The van der Waals surface area contributed by atoms with Crippen LogP contribution in [0.5, 0.6) is 17.4 Å². The summed E-state index contributed by atoms with van der Waals surface area (Å²) in [6, 6.07) is 17.6. The summed E-state index contributed by atoms with van der Waals surface area (Å²) in [6.45, 7) is 2.75. The van der Waals surface area contributed by atoms with Gasteiger partial charge in [0, 0.05) is 5.57 Å². The third-order valence-electron chi connectivity index (χ3n) is 5.21. The van der Waals surface area contributed by atoms with Crippen molar-refractivity contribution in [3.8, 4) is 23.4 Å². The van der Waals surface area contributed by atoms with E-state index in [4.69, 9.17) is 19.9 Å². The molecule has 158 valence electrons. The molecule has 0 saturated heterocycles. The molecule has 0 fully saturated rings. The zero-order valence-corrected chi connectivity index (χ0v) is 17.5. The summed E-state index contributed by atoms with van der Waals surface area (Å²) in [7, 11) is 1.62. The standard InChI is InChI=1S/C24H24N4O3/c1-3-4-12-30-17-11-10-16(13-18(17)29-2)20-21(15-8-6-5-7-9-15)23(26)31-24-22(20)27-19(14-25)28-24/h5-11,13,20H,3-4,12,26H2,1-2H3,(H,27,28). The molecular weight excluding hydrogens is 392 g/mol. The largest absolute Gasteiger partial charge is 0.493 e. The second-order valence-corrected chi connectivity index (χ2v) is 7.21. The number of ether oxygens (including phenoxy) is 3. The maximum absolute atomic E-state index is 9.33. The summed E-state index contributed by atoms with van der Waals surface area (Å²) in [5.41, 5.74) is 9.66. The highest BCUT2D eigenvalue weighted by Crippen LogP contribution is 2.46. The quantitative estimate of drug-likeness (QED) is 0.556. The van der Waals surface area contributed by atoms with Crippen LogP contribution in [0.4, 0.5) is 0 Å². The zero-order valence-electron chi connectivity index (χ0n) is 17.5. The number of nitrogens with zero attached hydrogens (tertiary/aromatic N) is 2. The van der Waals surface area contributed by atoms with Crippen LogP contribution in [0, 0.1) is 11.3 Å². The number of nitrogens with two attached hydrogens (primary N) is 1. The van der Waals surface area contributed by atoms with Crippen LogP contribution in [-0.2, 0) is 0 Å². The molecule has 0 spiro atoms. The molecule has 7 nitrogen and oxygen atoms in total. The van der Waals surface area contributed by atoms with E-state index in [1.54, 1.807) is 7.11 Å². The summed E-state index contributed by atoms with van der Waals surface area (Å²) in [5.74, 6) is 1.73. The first-order valence-corrected chi connectivity index (χ1v) is 10.2. The van der Waals surface area contributed by atoms with Crippen LogP contribution in [0.15, 0.2) is 54.4 Å². The van der Waals surface area contributed by atoms with E-state index in [-0.39, 0.29) is 17.6 Å². The summed E-state index contributed by atoms with van der Waals surface area (Å²) < 4.78 is 17.3. The minimum Gasteiger partial charge on any atom is -0.493 e. The van der Waals surface area contributed by atoms with Crippen LogP contribution in [0.25, 0.3) is 5.57 Å². The molecular formula is C24H24N4O3. The Balaban J connectivity index is 1.83. The van der Waals surface area contributed by atoms with Crippen molar-refractivity contribution in [1.29, 1.82) is 5.26 Å². The van der Waals surface area contributed by atoms with Gasteiger partial charge in [0.2, 0.25) is 11.7 Å². The van der Waals surface area contributed by atoms with Crippen LogP contribution in [-0.4, -0.2) is 23.7 Å². The molecule has 7 heteroatoms. The maximum Gasteiger partial charge on any atom is 0.244 e. The topological polar surface area (TPSA) is 106 Å². The summed E-state index contributed by atoms with van der Waals surface area (Å²) >= 11 is 0. The average molecular weight is 416 g/mol. The summed E-state index contributed by atoms with van der Waals surface area (Å²) in [4.78, 5) is 7.31. The number of nitriles is 1. The molecule has 1 aromatic heterocycles. The second-order valence-electron chi connectivity index (χ2n) is 7.21. The van der Waals surface area contributed by atoms with E-state index in [9.17, 15) is 5.26 Å². The number of fused-ring (bicyclic) bond motifs is 1. The van der Waals surface area contributed by atoms with Crippen LogP contribution in [0.1, 0.15) is 48.3 Å². The summed E-state index contributed by atoms with van der Waals surface area (Å²) in [6.07, 6.45) is 2.02. The molecule has 1 unspecified atom stereocenters. The number of aromatic amines is 1. The zero-order chi connectivity index (χ0) is 21.8. The van der Waals surface area contributed by atoms with Crippen molar-refractivity contribution in [2.24, 2.45) is 5.73 Å². The fourth-order valence-corrected chi connectivity index (χ4v) is 3.71. The number of rotatable bonds is 7. The molecule has 2 heterocycles. The Morgan fingerprint density at radius 1 is 1.19 bits per heavy atom. The van der Waals surface area contributed by atoms with Crippen LogP contribution < -0.4 is 19.9 Å². The van der Waals surface area contributed by atoms with Gasteiger partial charge in [-0.2, -0.15) is 10.2 Å². The number of H-pyrrole nitrogens is 1. The Morgan fingerprint density at radius 2 is 2.00 bits per heavy atom. The van der Waals surface area contributed by atoms with Gasteiger partial charge >= 0.3 is 0 Å². The van der Waals surface area contributed by atoms with Crippen molar-refractivity contribution in [1.82, 2.24) is 9.97 Å².